The van der Waals surface area contributed by atoms with Crippen LogP contribution in [0.4, 0.5) is 0 Å². The summed E-state index contributed by atoms with van der Waals surface area (Å²) < 4.78 is 0. The van der Waals surface area contributed by atoms with Gasteiger partial charge in [-0.05, 0) is 88.0 Å². The molecule has 0 amide bonds. The quantitative estimate of drug-likeness (QED) is 0.260. The summed E-state index contributed by atoms with van der Waals surface area (Å²) in [5, 5.41) is 0. The highest BCUT2D eigenvalue weighted by Crippen LogP contribution is 2.35. The second-order valence-corrected chi connectivity index (χ2v) is 8.63. The van der Waals surface area contributed by atoms with Gasteiger partial charge in [-0.3, -0.25) is 9.97 Å². The summed E-state index contributed by atoms with van der Waals surface area (Å²) in [4.78, 5) is 13.5. The molecule has 0 radical (unpaired) electrons. The van der Waals surface area contributed by atoms with Gasteiger partial charge in [0.15, 0.2) is 0 Å². The Morgan fingerprint density at radius 1 is 0.306 bits per heavy atom. The highest BCUT2D eigenvalue weighted by atomic mass is 14.7. The van der Waals surface area contributed by atoms with Gasteiger partial charge in [0.25, 0.3) is 0 Å². The lowest BCUT2D eigenvalue weighted by molar-refractivity contribution is 1.31. The van der Waals surface area contributed by atoms with Gasteiger partial charge < -0.3 is 0 Å². The monoisotopic (exact) mass is 461 g/mol. The van der Waals surface area contributed by atoms with Gasteiger partial charge in [-0.25, -0.2) is 4.98 Å². The van der Waals surface area contributed by atoms with Gasteiger partial charge in [-0.1, -0.05) is 60.7 Å². The SMILES string of the molecule is c1ccc(-c2cc(-c3ccccc3)nc(-c3cc(-c4ccncc4)cc(-c4ccncc4)c3)c2)cc1. The number of nitrogens with zero attached hydrogens (tertiary/aromatic N) is 3. The molecule has 170 valence electrons. The summed E-state index contributed by atoms with van der Waals surface area (Å²) in [6.45, 7) is 0. The highest BCUT2D eigenvalue weighted by molar-refractivity contribution is 5.83. The fraction of sp³-hybridized carbons (Fsp3) is 0. The molecule has 3 aromatic heterocycles. The summed E-state index contributed by atoms with van der Waals surface area (Å²) in [6, 6.07) is 40.0. The van der Waals surface area contributed by atoms with Crippen LogP contribution in [0.2, 0.25) is 0 Å². The average Bonchev–Trinajstić information content (AvgIpc) is 2.98. The van der Waals surface area contributed by atoms with E-state index in [1.165, 1.54) is 0 Å². The maximum absolute atomic E-state index is 5.14. The molecule has 0 saturated carbocycles. The fourth-order valence-corrected chi connectivity index (χ4v) is 4.43. The smallest absolute Gasteiger partial charge is 0.0716 e. The maximum atomic E-state index is 5.14. The fourth-order valence-electron chi connectivity index (χ4n) is 4.43. The molecule has 3 aromatic carbocycles. The molecule has 0 aliphatic carbocycles. The first kappa shape index (κ1) is 21.6. The molecule has 3 heterocycles. The van der Waals surface area contributed by atoms with E-state index in [-0.39, 0.29) is 0 Å². The summed E-state index contributed by atoms with van der Waals surface area (Å²) in [7, 11) is 0. The van der Waals surface area contributed by atoms with E-state index in [2.05, 4.69) is 88.8 Å². The Kier molecular flexibility index (Phi) is 5.87. The Morgan fingerprint density at radius 3 is 1.22 bits per heavy atom. The zero-order chi connectivity index (χ0) is 24.2. The minimum atomic E-state index is 0.932. The van der Waals surface area contributed by atoms with Gasteiger partial charge in [0.1, 0.15) is 0 Å². The summed E-state index contributed by atoms with van der Waals surface area (Å²) in [5.74, 6) is 0. The van der Waals surface area contributed by atoms with Crippen LogP contribution in [-0.4, -0.2) is 15.0 Å². The van der Waals surface area contributed by atoms with E-state index in [4.69, 9.17) is 4.98 Å². The first-order chi connectivity index (χ1) is 17.8. The third-order valence-electron chi connectivity index (χ3n) is 6.26. The normalized spacial score (nSPS) is 10.8. The van der Waals surface area contributed by atoms with Gasteiger partial charge in [0.2, 0.25) is 0 Å². The summed E-state index contributed by atoms with van der Waals surface area (Å²) in [5.41, 5.74) is 10.8. The lowest BCUT2D eigenvalue weighted by Gasteiger charge is -2.13. The molecule has 6 aromatic rings. The second-order valence-electron chi connectivity index (χ2n) is 8.63. The minimum Gasteiger partial charge on any atom is -0.265 e. The second kappa shape index (κ2) is 9.77. The van der Waals surface area contributed by atoms with Crippen LogP contribution in [0.5, 0.6) is 0 Å². The van der Waals surface area contributed by atoms with Crippen molar-refractivity contribution in [2.45, 2.75) is 0 Å². The van der Waals surface area contributed by atoms with Crippen molar-refractivity contribution in [3.8, 4) is 55.9 Å². The average molecular weight is 462 g/mol. The Bertz CT molecular complexity index is 1360. The summed E-state index contributed by atoms with van der Waals surface area (Å²) >= 11 is 0. The Labute approximate surface area is 210 Å². The molecular formula is C33H23N3. The molecular weight excluding hydrogens is 438 g/mol. The first-order valence-corrected chi connectivity index (χ1v) is 11.9. The van der Waals surface area contributed by atoms with Crippen LogP contribution in [0.3, 0.4) is 0 Å². The number of aromatic nitrogens is 3. The van der Waals surface area contributed by atoms with Crippen molar-refractivity contribution in [1.29, 1.82) is 0 Å². The van der Waals surface area contributed by atoms with Crippen molar-refractivity contribution in [2.24, 2.45) is 0 Å². The Balaban J connectivity index is 1.58. The number of rotatable bonds is 5. The van der Waals surface area contributed by atoms with E-state index in [0.717, 1.165) is 55.9 Å². The topological polar surface area (TPSA) is 38.7 Å². The van der Waals surface area contributed by atoms with Crippen LogP contribution in [0.15, 0.2) is 140 Å². The molecule has 0 N–H and O–H groups in total. The maximum Gasteiger partial charge on any atom is 0.0716 e. The molecule has 0 aliphatic rings. The van der Waals surface area contributed by atoms with Crippen molar-refractivity contribution in [1.82, 2.24) is 15.0 Å². The van der Waals surface area contributed by atoms with Gasteiger partial charge >= 0.3 is 0 Å². The lowest BCUT2D eigenvalue weighted by atomic mass is 9.94. The number of benzene rings is 3. The molecule has 0 fully saturated rings. The minimum absolute atomic E-state index is 0.932. The molecule has 0 atom stereocenters. The van der Waals surface area contributed by atoms with Crippen LogP contribution < -0.4 is 0 Å². The standard InChI is InChI=1S/C33H23N3/c1-3-7-24(8-4-1)30-22-32(27-9-5-2-6-10-27)36-33(23-30)31-20-28(25-11-15-34-16-12-25)19-29(21-31)26-13-17-35-18-14-26/h1-23H. The van der Waals surface area contributed by atoms with E-state index >= 15 is 0 Å². The van der Waals surface area contributed by atoms with E-state index < -0.39 is 0 Å². The summed E-state index contributed by atoms with van der Waals surface area (Å²) in [6.07, 6.45) is 7.32. The zero-order valence-corrected chi connectivity index (χ0v) is 19.6. The molecule has 36 heavy (non-hydrogen) atoms. The van der Waals surface area contributed by atoms with Crippen molar-refractivity contribution >= 4 is 0 Å². The predicted octanol–water partition coefficient (Wildman–Crippen LogP) is 8.21. The molecule has 0 spiro atoms. The third-order valence-corrected chi connectivity index (χ3v) is 6.26. The van der Waals surface area contributed by atoms with Gasteiger partial charge in [-0.15, -0.1) is 0 Å². The molecule has 3 nitrogen and oxygen atoms in total. The number of pyridine rings is 3. The van der Waals surface area contributed by atoms with Crippen LogP contribution >= 0.6 is 0 Å². The highest BCUT2D eigenvalue weighted by Gasteiger charge is 2.12. The predicted molar refractivity (Wildman–Crippen MR) is 147 cm³/mol. The van der Waals surface area contributed by atoms with Crippen molar-refractivity contribution in [3.63, 3.8) is 0 Å². The Morgan fingerprint density at radius 2 is 0.694 bits per heavy atom. The van der Waals surface area contributed by atoms with E-state index in [9.17, 15) is 0 Å². The van der Waals surface area contributed by atoms with Crippen LogP contribution in [0.25, 0.3) is 55.9 Å². The molecule has 3 heteroatoms. The zero-order valence-electron chi connectivity index (χ0n) is 19.6. The molecule has 0 bridgehead atoms. The molecule has 6 rings (SSSR count). The molecule has 0 aliphatic heterocycles. The van der Waals surface area contributed by atoms with Crippen LogP contribution in [0.1, 0.15) is 0 Å². The molecule has 0 saturated heterocycles. The van der Waals surface area contributed by atoms with Gasteiger partial charge in [-0.2, -0.15) is 0 Å². The van der Waals surface area contributed by atoms with Gasteiger partial charge in [0.05, 0.1) is 11.4 Å². The van der Waals surface area contributed by atoms with Crippen LogP contribution in [0, 0.1) is 0 Å². The van der Waals surface area contributed by atoms with E-state index in [0.29, 0.717) is 0 Å². The largest absolute Gasteiger partial charge is 0.265 e. The lowest BCUT2D eigenvalue weighted by Crippen LogP contribution is -1.93. The van der Waals surface area contributed by atoms with E-state index in [1.54, 1.807) is 0 Å². The van der Waals surface area contributed by atoms with Crippen LogP contribution in [-0.2, 0) is 0 Å². The van der Waals surface area contributed by atoms with Crippen molar-refractivity contribution in [2.75, 3.05) is 0 Å². The first-order valence-electron chi connectivity index (χ1n) is 11.9. The number of hydrogen-bond donors (Lipinski definition) is 0. The van der Waals surface area contributed by atoms with Crippen molar-refractivity contribution in [3.05, 3.63) is 140 Å². The van der Waals surface area contributed by atoms with Gasteiger partial charge in [0, 0.05) is 35.9 Å². The van der Waals surface area contributed by atoms with Crippen molar-refractivity contribution < 1.29 is 0 Å². The third kappa shape index (κ3) is 4.55. The number of hydrogen-bond acceptors (Lipinski definition) is 3. The molecule has 0 unspecified atom stereocenters. The van der Waals surface area contributed by atoms with E-state index in [1.807, 2.05) is 61.2 Å². The Hall–Kier alpha value is -4.89.